The van der Waals surface area contributed by atoms with Gasteiger partial charge in [0, 0.05) is 17.0 Å². The van der Waals surface area contributed by atoms with Crippen molar-refractivity contribution in [1.82, 2.24) is 0 Å². The summed E-state index contributed by atoms with van der Waals surface area (Å²) in [6, 6.07) is 8.13. The SMILES string of the molecule is CC(C)(c1ccc(F)cc1)C(N)c1ccoc1. The normalized spacial score (nSPS) is 13.6. The van der Waals surface area contributed by atoms with Gasteiger partial charge >= 0.3 is 0 Å². The molecule has 1 aromatic heterocycles. The van der Waals surface area contributed by atoms with Crippen LogP contribution >= 0.6 is 0 Å². The van der Waals surface area contributed by atoms with E-state index in [-0.39, 0.29) is 17.3 Å². The molecule has 1 aromatic carbocycles. The van der Waals surface area contributed by atoms with Crippen LogP contribution in [0.1, 0.15) is 31.0 Å². The Balaban J connectivity index is 2.32. The van der Waals surface area contributed by atoms with Crippen molar-refractivity contribution in [3.8, 4) is 0 Å². The second-order valence-electron chi connectivity index (χ2n) is 4.76. The number of halogens is 1. The van der Waals surface area contributed by atoms with E-state index in [9.17, 15) is 4.39 Å². The molecule has 2 nitrogen and oxygen atoms in total. The fourth-order valence-corrected chi connectivity index (χ4v) is 1.93. The quantitative estimate of drug-likeness (QED) is 0.882. The van der Waals surface area contributed by atoms with E-state index in [1.807, 2.05) is 19.9 Å². The second kappa shape index (κ2) is 4.34. The van der Waals surface area contributed by atoms with Crippen LogP contribution in [-0.2, 0) is 5.41 Å². The fourth-order valence-electron chi connectivity index (χ4n) is 1.93. The molecule has 90 valence electrons. The lowest BCUT2D eigenvalue weighted by Crippen LogP contribution is -2.32. The Morgan fingerprint density at radius 2 is 1.82 bits per heavy atom. The van der Waals surface area contributed by atoms with Crippen molar-refractivity contribution in [2.45, 2.75) is 25.3 Å². The average Bonchev–Trinajstić information content (AvgIpc) is 2.82. The van der Waals surface area contributed by atoms with Crippen LogP contribution < -0.4 is 5.73 Å². The van der Waals surface area contributed by atoms with Crippen molar-refractivity contribution in [3.05, 3.63) is 59.8 Å². The molecule has 0 bridgehead atoms. The molecule has 0 radical (unpaired) electrons. The largest absolute Gasteiger partial charge is 0.472 e. The van der Waals surface area contributed by atoms with Crippen molar-refractivity contribution < 1.29 is 8.81 Å². The van der Waals surface area contributed by atoms with Crippen molar-refractivity contribution in [2.24, 2.45) is 5.73 Å². The summed E-state index contributed by atoms with van der Waals surface area (Å²) in [5.74, 6) is -0.235. The molecular formula is C14H16FNO. The predicted octanol–water partition coefficient (Wildman–Crippen LogP) is 3.40. The predicted molar refractivity (Wildman–Crippen MR) is 65.1 cm³/mol. The Labute approximate surface area is 100 Å². The van der Waals surface area contributed by atoms with E-state index in [1.165, 1.54) is 12.1 Å². The Bertz CT molecular complexity index is 473. The summed E-state index contributed by atoms with van der Waals surface area (Å²) in [6.07, 6.45) is 3.26. The third-order valence-electron chi connectivity index (χ3n) is 3.27. The van der Waals surface area contributed by atoms with E-state index in [0.717, 1.165) is 11.1 Å². The van der Waals surface area contributed by atoms with Gasteiger partial charge in [-0.05, 0) is 23.8 Å². The minimum Gasteiger partial charge on any atom is -0.472 e. The molecular weight excluding hydrogens is 217 g/mol. The molecule has 3 heteroatoms. The van der Waals surface area contributed by atoms with E-state index in [1.54, 1.807) is 24.7 Å². The zero-order valence-corrected chi connectivity index (χ0v) is 9.98. The van der Waals surface area contributed by atoms with Gasteiger partial charge < -0.3 is 10.2 Å². The van der Waals surface area contributed by atoms with Crippen LogP contribution in [0.3, 0.4) is 0 Å². The van der Waals surface area contributed by atoms with Crippen LogP contribution in [0.5, 0.6) is 0 Å². The summed E-state index contributed by atoms with van der Waals surface area (Å²) in [6.45, 7) is 4.08. The van der Waals surface area contributed by atoms with Crippen LogP contribution in [0.4, 0.5) is 4.39 Å². The lowest BCUT2D eigenvalue weighted by Gasteiger charge is -2.31. The van der Waals surface area contributed by atoms with E-state index in [0.29, 0.717) is 0 Å². The summed E-state index contributed by atoms with van der Waals surface area (Å²) < 4.78 is 17.9. The Hall–Kier alpha value is -1.61. The number of benzene rings is 1. The number of nitrogens with two attached hydrogens (primary N) is 1. The molecule has 0 aliphatic carbocycles. The van der Waals surface area contributed by atoms with Crippen LogP contribution in [-0.4, -0.2) is 0 Å². The first-order chi connectivity index (χ1) is 8.01. The van der Waals surface area contributed by atoms with Gasteiger partial charge in [-0.3, -0.25) is 0 Å². The Kier molecular flexibility index (Phi) is 3.03. The highest BCUT2D eigenvalue weighted by Crippen LogP contribution is 2.35. The van der Waals surface area contributed by atoms with Crippen LogP contribution in [0.2, 0.25) is 0 Å². The molecule has 1 atom stereocenters. The molecule has 0 aliphatic heterocycles. The van der Waals surface area contributed by atoms with E-state index in [4.69, 9.17) is 10.2 Å². The van der Waals surface area contributed by atoms with Crippen LogP contribution in [0.25, 0.3) is 0 Å². The minimum absolute atomic E-state index is 0.188. The molecule has 2 aromatic rings. The highest BCUT2D eigenvalue weighted by molar-refractivity contribution is 5.30. The highest BCUT2D eigenvalue weighted by Gasteiger charge is 2.30. The first-order valence-electron chi connectivity index (χ1n) is 5.55. The molecule has 0 aliphatic rings. The van der Waals surface area contributed by atoms with Gasteiger partial charge in [-0.2, -0.15) is 0 Å². The van der Waals surface area contributed by atoms with Crippen LogP contribution in [0, 0.1) is 5.82 Å². The lowest BCUT2D eigenvalue weighted by molar-refractivity contribution is 0.416. The maximum Gasteiger partial charge on any atom is 0.123 e. The minimum atomic E-state index is -0.280. The average molecular weight is 233 g/mol. The summed E-state index contributed by atoms with van der Waals surface area (Å²) in [7, 11) is 0. The van der Waals surface area contributed by atoms with Gasteiger partial charge in [-0.25, -0.2) is 4.39 Å². The van der Waals surface area contributed by atoms with Crippen molar-refractivity contribution in [3.63, 3.8) is 0 Å². The number of furan rings is 1. The highest BCUT2D eigenvalue weighted by atomic mass is 19.1. The second-order valence-corrected chi connectivity index (χ2v) is 4.76. The monoisotopic (exact) mass is 233 g/mol. The topological polar surface area (TPSA) is 39.2 Å². The molecule has 1 heterocycles. The van der Waals surface area contributed by atoms with Crippen molar-refractivity contribution in [1.29, 1.82) is 0 Å². The van der Waals surface area contributed by atoms with Gasteiger partial charge in [0.15, 0.2) is 0 Å². The zero-order valence-electron chi connectivity index (χ0n) is 9.98. The summed E-state index contributed by atoms with van der Waals surface area (Å²) in [4.78, 5) is 0. The molecule has 17 heavy (non-hydrogen) atoms. The zero-order chi connectivity index (χ0) is 12.5. The first-order valence-corrected chi connectivity index (χ1v) is 5.55. The smallest absolute Gasteiger partial charge is 0.123 e. The molecule has 0 saturated heterocycles. The number of hydrogen-bond acceptors (Lipinski definition) is 2. The molecule has 2 rings (SSSR count). The Morgan fingerprint density at radius 1 is 1.18 bits per heavy atom. The van der Waals surface area contributed by atoms with E-state index >= 15 is 0 Å². The first kappa shape index (κ1) is 11.9. The third kappa shape index (κ3) is 2.24. The Morgan fingerprint density at radius 3 is 2.35 bits per heavy atom. The van der Waals surface area contributed by atoms with E-state index in [2.05, 4.69) is 0 Å². The van der Waals surface area contributed by atoms with Gasteiger partial charge in [0.25, 0.3) is 0 Å². The van der Waals surface area contributed by atoms with Gasteiger partial charge in [0.05, 0.1) is 12.5 Å². The molecule has 0 fully saturated rings. The third-order valence-corrected chi connectivity index (χ3v) is 3.27. The van der Waals surface area contributed by atoms with Gasteiger partial charge in [-0.15, -0.1) is 0 Å². The van der Waals surface area contributed by atoms with Gasteiger partial charge in [-0.1, -0.05) is 26.0 Å². The molecule has 0 amide bonds. The lowest BCUT2D eigenvalue weighted by atomic mass is 9.76. The number of rotatable bonds is 3. The van der Waals surface area contributed by atoms with Gasteiger partial charge in [0.2, 0.25) is 0 Å². The molecule has 0 saturated carbocycles. The molecule has 1 unspecified atom stereocenters. The molecule has 0 spiro atoms. The van der Waals surface area contributed by atoms with Crippen molar-refractivity contribution in [2.75, 3.05) is 0 Å². The van der Waals surface area contributed by atoms with Crippen LogP contribution in [0.15, 0.2) is 47.3 Å². The summed E-state index contributed by atoms with van der Waals surface area (Å²) in [5, 5.41) is 0. The maximum atomic E-state index is 12.9. The standard InChI is InChI=1S/C14H16FNO/c1-14(2,11-3-5-12(15)6-4-11)13(16)10-7-8-17-9-10/h3-9,13H,16H2,1-2H3. The summed E-state index contributed by atoms with van der Waals surface area (Å²) in [5.41, 5.74) is 7.90. The number of hydrogen-bond donors (Lipinski definition) is 1. The van der Waals surface area contributed by atoms with Gasteiger partial charge in [0.1, 0.15) is 5.82 Å². The van der Waals surface area contributed by atoms with E-state index < -0.39 is 0 Å². The fraction of sp³-hybridized carbons (Fsp3) is 0.286. The van der Waals surface area contributed by atoms with Crippen molar-refractivity contribution >= 4 is 0 Å². The maximum absolute atomic E-state index is 12.9. The molecule has 2 N–H and O–H groups in total. The summed E-state index contributed by atoms with van der Waals surface area (Å²) >= 11 is 0.